The Morgan fingerprint density at radius 1 is 1.58 bits per heavy atom. The first-order valence-corrected chi connectivity index (χ1v) is 5.16. The molecule has 1 rings (SSSR count). The Kier molecular flexibility index (Phi) is 3.23. The van der Waals surface area contributed by atoms with Crippen LogP contribution in [0.4, 0.5) is 0 Å². The highest BCUT2D eigenvalue weighted by molar-refractivity contribution is 7.11. The van der Waals surface area contributed by atoms with E-state index in [1.807, 2.05) is 6.92 Å². The number of rotatable bonds is 3. The van der Waals surface area contributed by atoms with Crippen molar-refractivity contribution in [2.45, 2.75) is 39.7 Å². The van der Waals surface area contributed by atoms with Crippen LogP contribution in [0.5, 0.6) is 0 Å². The number of nitrogens with zero attached hydrogens (tertiary/aromatic N) is 1. The molecule has 0 aliphatic rings. The number of aryl methyl sites for hydroxylation is 2. The zero-order valence-corrected chi connectivity index (χ0v) is 8.74. The van der Waals surface area contributed by atoms with Crippen molar-refractivity contribution in [2.75, 3.05) is 0 Å². The molecule has 0 saturated carbocycles. The summed E-state index contributed by atoms with van der Waals surface area (Å²) in [6.45, 7) is 6.23. The maximum atomic E-state index is 5.72. The molecule has 0 radical (unpaired) electrons. The predicted octanol–water partition coefficient (Wildman–Crippen LogP) is 1.90. The highest BCUT2D eigenvalue weighted by Gasteiger charge is 2.07. The molecule has 2 nitrogen and oxygen atoms in total. The second kappa shape index (κ2) is 4.01. The van der Waals surface area contributed by atoms with Crippen LogP contribution in [0, 0.1) is 6.92 Å². The van der Waals surface area contributed by atoms with E-state index in [2.05, 4.69) is 18.8 Å². The lowest BCUT2D eigenvalue weighted by Gasteiger charge is -2.01. The SMILES string of the molecule is CCc1nc(C)c(CC(C)N)s1. The van der Waals surface area contributed by atoms with Gasteiger partial charge in [-0.2, -0.15) is 0 Å². The van der Waals surface area contributed by atoms with E-state index in [9.17, 15) is 0 Å². The summed E-state index contributed by atoms with van der Waals surface area (Å²) in [6, 6.07) is 0.244. The molecule has 0 aromatic carbocycles. The van der Waals surface area contributed by atoms with Crippen LogP contribution in [-0.2, 0) is 12.8 Å². The molecule has 1 aromatic heterocycles. The summed E-state index contributed by atoms with van der Waals surface area (Å²) in [7, 11) is 0. The van der Waals surface area contributed by atoms with Crippen molar-refractivity contribution >= 4 is 11.3 Å². The van der Waals surface area contributed by atoms with Gasteiger partial charge in [0.25, 0.3) is 0 Å². The number of hydrogen-bond acceptors (Lipinski definition) is 3. The van der Waals surface area contributed by atoms with Gasteiger partial charge < -0.3 is 5.73 Å². The standard InChI is InChI=1S/C9H16N2S/c1-4-9-11-7(3)8(12-9)5-6(2)10/h6H,4-5,10H2,1-3H3. The summed E-state index contributed by atoms with van der Waals surface area (Å²) >= 11 is 1.80. The van der Waals surface area contributed by atoms with E-state index in [0.29, 0.717) is 0 Å². The van der Waals surface area contributed by atoms with Gasteiger partial charge in [0, 0.05) is 10.9 Å². The van der Waals surface area contributed by atoms with Crippen molar-refractivity contribution in [3.63, 3.8) is 0 Å². The summed E-state index contributed by atoms with van der Waals surface area (Å²) in [5.41, 5.74) is 6.88. The predicted molar refractivity (Wildman–Crippen MR) is 53.6 cm³/mol. The maximum Gasteiger partial charge on any atom is 0.0928 e. The Bertz CT molecular complexity index is 253. The first kappa shape index (κ1) is 9.68. The minimum atomic E-state index is 0.244. The molecule has 0 amide bonds. The molecule has 12 heavy (non-hydrogen) atoms. The Morgan fingerprint density at radius 2 is 2.25 bits per heavy atom. The van der Waals surface area contributed by atoms with Crippen LogP contribution in [0.15, 0.2) is 0 Å². The third kappa shape index (κ3) is 2.29. The van der Waals surface area contributed by atoms with E-state index in [1.165, 1.54) is 9.88 Å². The number of hydrogen-bond donors (Lipinski definition) is 1. The van der Waals surface area contributed by atoms with E-state index in [-0.39, 0.29) is 6.04 Å². The van der Waals surface area contributed by atoms with Crippen molar-refractivity contribution < 1.29 is 0 Å². The minimum absolute atomic E-state index is 0.244. The van der Waals surface area contributed by atoms with Gasteiger partial charge in [0.2, 0.25) is 0 Å². The van der Waals surface area contributed by atoms with E-state index < -0.39 is 0 Å². The average Bonchev–Trinajstić information content (AvgIpc) is 2.31. The Hall–Kier alpha value is -0.410. The number of nitrogens with two attached hydrogens (primary N) is 1. The van der Waals surface area contributed by atoms with Crippen LogP contribution in [0.2, 0.25) is 0 Å². The zero-order valence-electron chi connectivity index (χ0n) is 7.92. The van der Waals surface area contributed by atoms with Crippen LogP contribution in [0.25, 0.3) is 0 Å². The van der Waals surface area contributed by atoms with Crippen LogP contribution >= 0.6 is 11.3 Å². The Labute approximate surface area is 77.8 Å². The number of thiazole rings is 1. The molecule has 0 aliphatic carbocycles. The molecular formula is C9H16N2S. The first-order chi connectivity index (χ1) is 5.63. The molecule has 1 unspecified atom stereocenters. The van der Waals surface area contributed by atoms with E-state index in [4.69, 9.17) is 5.73 Å². The molecule has 0 spiro atoms. The smallest absolute Gasteiger partial charge is 0.0928 e. The third-order valence-electron chi connectivity index (χ3n) is 1.75. The largest absolute Gasteiger partial charge is 0.328 e. The highest BCUT2D eigenvalue weighted by Crippen LogP contribution is 2.19. The van der Waals surface area contributed by atoms with Gasteiger partial charge in [0.1, 0.15) is 0 Å². The van der Waals surface area contributed by atoms with Gasteiger partial charge in [-0.15, -0.1) is 11.3 Å². The Balaban J connectivity index is 2.77. The van der Waals surface area contributed by atoms with Crippen molar-refractivity contribution in [3.8, 4) is 0 Å². The van der Waals surface area contributed by atoms with Gasteiger partial charge in [0.05, 0.1) is 10.7 Å². The van der Waals surface area contributed by atoms with Gasteiger partial charge >= 0.3 is 0 Å². The topological polar surface area (TPSA) is 38.9 Å². The summed E-state index contributed by atoms with van der Waals surface area (Å²) in [6.07, 6.45) is 1.99. The van der Waals surface area contributed by atoms with Crippen molar-refractivity contribution in [2.24, 2.45) is 5.73 Å². The zero-order chi connectivity index (χ0) is 9.14. The van der Waals surface area contributed by atoms with E-state index in [1.54, 1.807) is 11.3 Å². The highest BCUT2D eigenvalue weighted by atomic mass is 32.1. The Morgan fingerprint density at radius 3 is 2.67 bits per heavy atom. The molecule has 2 N–H and O–H groups in total. The van der Waals surface area contributed by atoms with Gasteiger partial charge in [-0.1, -0.05) is 6.92 Å². The third-order valence-corrected chi connectivity index (χ3v) is 3.07. The van der Waals surface area contributed by atoms with E-state index in [0.717, 1.165) is 18.5 Å². The monoisotopic (exact) mass is 184 g/mol. The lowest BCUT2D eigenvalue weighted by molar-refractivity contribution is 0.742. The second-order valence-corrected chi connectivity index (χ2v) is 4.32. The van der Waals surface area contributed by atoms with Crippen molar-refractivity contribution in [1.82, 2.24) is 4.98 Å². The molecule has 0 aliphatic heterocycles. The fourth-order valence-electron chi connectivity index (χ4n) is 1.12. The fraction of sp³-hybridized carbons (Fsp3) is 0.667. The quantitative estimate of drug-likeness (QED) is 0.779. The molecule has 1 heterocycles. The molecule has 0 fully saturated rings. The average molecular weight is 184 g/mol. The van der Waals surface area contributed by atoms with E-state index >= 15 is 0 Å². The van der Waals surface area contributed by atoms with Gasteiger partial charge in [-0.3, -0.25) is 0 Å². The normalized spacial score (nSPS) is 13.3. The lowest BCUT2D eigenvalue weighted by Crippen LogP contribution is -2.17. The lowest BCUT2D eigenvalue weighted by atomic mass is 10.2. The van der Waals surface area contributed by atoms with Gasteiger partial charge in [-0.25, -0.2) is 4.98 Å². The van der Waals surface area contributed by atoms with Crippen molar-refractivity contribution in [1.29, 1.82) is 0 Å². The minimum Gasteiger partial charge on any atom is -0.328 e. The van der Waals surface area contributed by atoms with Crippen LogP contribution in [0.1, 0.15) is 29.4 Å². The van der Waals surface area contributed by atoms with Crippen LogP contribution in [0.3, 0.4) is 0 Å². The molecular weight excluding hydrogens is 168 g/mol. The maximum absolute atomic E-state index is 5.72. The summed E-state index contributed by atoms with van der Waals surface area (Å²) in [4.78, 5) is 5.79. The summed E-state index contributed by atoms with van der Waals surface area (Å²) in [5, 5.41) is 1.23. The molecule has 3 heteroatoms. The summed E-state index contributed by atoms with van der Waals surface area (Å²) < 4.78 is 0. The van der Waals surface area contributed by atoms with Gasteiger partial charge in [-0.05, 0) is 26.7 Å². The second-order valence-electron chi connectivity index (χ2n) is 3.15. The molecule has 0 saturated heterocycles. The molecule has 0 bridgehead atoms. The molecule has 68 valence electrons. The van der Waals surface area contributed by atoms with Crippen LogP contribution < -0.4 is 5.73 Å². The molecule has 1 atom stereocenters. The van der Waals surface area contributed by atoms with Gasteiger partial charge in [0.15, 0.2) is 0 Å². The first-order valence-electron chi connectivity index (χ1n) is 4.34. The summed E-state index contributed by atoms with van der Waals surface area (Å²) in [5.74, 6) is 0. The number of aromatic nitrogens is 1. The fourth-order valence-corrected chi connectivity index (χ4v) is 2.27. The molecule has 1 aromatic rings. The van der Waals surface area contributed by atoms with Crippen molar-refractivity contribution in [3.05, 3.63) is 15.6 Å². The van der Waals surface area contributed by atoms with Crippen LogP contribution in [-0.4, -0.2) is 11.0 Å².